The maximum Gasteiger partial charge on any atom is 0.411 e. The Balaban J connectivity index is 3.01. The van der Waals surface area contributed by atoms with Gasteiger partial charge in [0.15, 0.2) is 5.78 Å². The Kier molecular flexibility index (Phi) is 5.46. The van der Waals surface area contributed by atoms with Crippen molar-refractivity contribution in [1.29, 1.82) is 0 Å². The van der Waals surface area contributed by atoms with Gasteiger partial charge in [-0.3, -0.25) is 10.1 Å². The average Bonchev–Trinajstić information content (AvgIpc) is 2.37. The summed E-state index contributed by atoms with van der Waals surface area (Å²) in [6.07, 6.45) is 0.258. The average molecular weight is 276 g/mol. The summed E-state index contributed by atoms with van der Waals surface area (Å²) < 4.78 is 4.74. The van der Waals surface area contributed by atoms with Crippen molar-refractivity contribution in [2.45, 2.75) is 13.3 Å². The van der Waals surface area contributed by atoms with Gasteiger partial charge in [0.25, 0.3) is 0 Å². The van der Waals surface area contributed by atoms with Crippen LogP contribution in [-0.2, 0) is 16.0 Å². The molecule has 0 bridgehead atoms. The first kappa shape index (κ1) is 15.4. The van der Waals surface area contributed by atoms with Crippen LogP contribution in [0.1, 0.15) is 22.8 Å². The van der Waals surface area contributed by atoms with Crippen LogP contribution >= 0.6 is 0 Å². The normalized spacial score (nSPS) is 9.65. The molecular weight excluding hydrogens is 262 g/mol. The Labute approximate surface area is 116 Å². The fourth-order valence-electron chi connectivity index (χ4n) is 1.50. The van der Waals surface area contributed by atoms with Crippen molar-refractivity contribution < 1.29 is 24.2 Å². The molecule has 6 heteroatoms. The summed E-state index contributed by atoms with van der Waals surface area (Å²) in [5.41, 5.74) is 0.882. The summed E-state index contributed by atoms with van der Waals surface area (Å²) in [4.78, 5) is 33.4. The number of rotatable bonds is 6. The Morgan fingerprint density at radius 1 is 1.40 bits per heavy atom. The molecule has 0 spiro atoms. The van der Waals surface area contributed by atoms with Gasteiger partial charge < -0.3 is 14.6 Å². The highest BCUT2D eigenvalue weighted by atomic mass is 16.5. The van der Waals surface area contributed by atoms with Gasteiger partial charge in [0, 0.05) is 23.6 Å². The fourth-order valence-corrected chi connectivity index (χ4v) is 1.50. The zero-order valence-corrected chi connectivity index (χ0v) is 11.0. The molecule has 0 unspecified atom stereocenters. The van der Waals surface area contributed by atoms with Crippen molar-refractivity contribution >= 4 is 23.5 Å². The smallest absolute Gasteiger partial charge is 0.411 e. The van der Waals surface area contributed by atoms with E-state index in [1.54, 1.807) is 0 Å². The minimum atomic E-state index is -1.29. The highest BCUT2D eigenvalue weighted by Crippen LogP contribution is 2.19. The number of ether oxygens (including phenoxy) is 1. The lowest BCUT2D eigenvalue weighted by Gasteiger charge is -2.12. The molecule has 0 aromatic heterocycles. The lowest BCUT2D eigenvalue weighted by molar-refractivity contribution is -0.304. The molecule has 1 aromatic rings. The van der Waals surface area contributed by atoms with Crippen molar-refractivity contribution in [3.8, 4) is 0 Å². The van der Waals surface area contributed by atoms with E-state index in [0.717, 1.165) is 0 Å². The van der Waals surface area contributed by atoms with E-state index in [2.05, 4.69) is 11.9 Å². The molecule has 1 N–H and O–H groups in total. The molecular formula is C14H14NO5-. The van der Waals surface area contributed by atoms with Gasteiger partial charge in [-0.05, 0) is 18.6 Å². The number of carbonyl (C=O) groups is 3. The van der Waals surface area contributed by atoms with Gasteiger partial charge in [-0.15, -0.1) is 0 Å². The van der Waals surface area contributed by atoms with E-state index in [-0.39, 0.29) is 24.5 Å². The Morgan fingerprint density at radius 2 is 2.10 bits per heavy atom. The number of nitrogens with one attached hydrogen (secondary N) is 1. The molecule has 20 heavy (non-hydrogen) atoms. The summed E-state index contributed by atoms with van der Waals surface area (Å²) in [7, 11) is 0. The van der Waals surface area contributed by atoms with Crippen LogP contribution in [0.5, 0.6) is 0 Å². The van der Waals surface area contributed by atoms with Gasteiger partial charge in [0.2, 0.25) is 0 Å². The molecule has 1 amide bonds. The van der Waals surface area contributed by atoms with Gasteiger partial charge in [0.1, 0.15) is 6.61 Å². The predicted octanol–water partition coefficient (Wildman–Crippen LogP) is 0.916. The lowest BCUT2D eigenvalue weighted by atomic mass is 10.0. The van der Waals surface area contributed by atoms with Crippen molar-refractivity contribution in [1.82, 2.24) is 0 Å². The molecule has 0 heterocycles. The molecule has 1 aromatic carbocycles. The summed E-state index contributed by atoms with van der Waals surface area (Å²) in [6.45, 7) is 4.79. The molecule has 106 valence electrons. The molecule has 0 saturated carbocycles. The first-order valence-corrected chi connectivity index (χ1v) is 5.82. The van der Waals surface area contributed by atoms with Crippen LogP contribution in [0.15, 0.2) is 30.9 Å². The fraction of sp³-hybridized carbons (Fsp3) is 0.214. The number of ketones is 1. The Bertz CT molecular complexity index is 550. The number of Topliss-reactive ketones (excluding diaryl/α,β-unsaturated/α-hetero) is 1. The molecule has 0 atom stereocenters. The van der Waals surface area contributed by atoms with Crippen LogP contribution in [0.25, 0.3) is 0 Å². The predicted molar refractivity (Wildman–Crippen MR) is 70.3 cm³/mol. The summed E-state index contributed by atoms with van der Waals surface area (Å²) in [6, 6.07) is 4.34. The van der Waals surface area contributed by atoms with Gasteiger partial charge in [-0.25, -0.2) is 4.79 Å². The largest absolute Gasteiger partial charge is 0.550 e. The number of carboxylic acids is 1. The number of amides is 1. The first-order chi connectivity index (χ1) is 9.43. The third kappa shape index (κ3) is 4.56. The second-order valence-corrected chi connectivity index (χ2v) is 3.99. The van der Waals surface area contributed by atoms with E-state index in [0.29, 0.717) is 11.1 Å². The van der Waals surface area contributed by atoms with Crippen LogP contribution in [0.4, 0.5) is 10.5 Å². The van der Waals surface area contributed by atoms with E-state index in [1.165, 1.54) is 31.2 Å². The van der Waals surface area contributed by atoms with Crippen molar-refractivity contribution in [3.05, 3.63) is 42.0 Å². The monoisotopic (exact) mass is 276 g/mol. The van der Waals surface area contributed by atoms with Crippen LogP contribution in [0.2, 0.25) is 0 Å². The molecule has 6 nitrogen and oxygen atoms in total. The number of hydrogen-bond acceptors (Lipinski definition) is 5. The van der Waals surface area contributed by atoms with Gasteiger partial charge in [-0.1, -0.05) is 24.8 Å². The van der Waals surface area contributed by atoms with E-state index in [9.17, 15) is 19.5 Å². The van der Waals surface area contributed by atoms with Crippen LogP contribution in [0, 0.1) is 0 Å². The van der Waals surface area contributed by atoms with E-state index < -0.39 is 12.1 Å². The number of carbonyl (C=O) groups excluding carboxylic acids is 3. The third-order valence-electron chi connectivity index (χ3n) is 2.42. The van der Waals surface area contributed by atoms with Crippen LogP contribution in [-0.4, -0.2) is 24.5 Å². The van der Waals surface area contributed by atoms with E-state index in [4.69, 9.17) is 4.74 Å². The number of anilines is 1. The number of carboxylic acid groups (broad SMARTS) is 1. The molecule has 0 aliphatic heterocycles. The van der Waals surface area contributed by atoms with E-state index >= 15 is 0 Å². The number of hydrogen-bond donors (Lipinski definition) is 1. The quantitative estimate of drug-likeness (QED) is 0.615. The topological polar surface area (TPSA) is 95.5 Å². The molecule has 0 aliphatic rings. The zero-order valence-electron chi connectivity index (χ0n) is 11.0. The summed E-state index contributed by atoms with van der Waals surface area (Å²) >= 11 is 0. The van der Waals surface area contributed by atoms with Gasteiger partial charge in [0.05, 0.1) is 0 Å². The van der Waals surface area contributed by atoms with Gasteiger partial charge in [-0.2, -0.15) is 0 Å². The Morgan fingerprint density at radius 3 is 2.65 bits per heavy atom. The standard InChI is InChI=1S/C14H15NO5/c1-3-6-20-14(19)15-12-7-10(9(2)16)4-5-11(12)8-13(17)18/h3-5,7H,1,6,8H2,2H3,(H,15,19)(H,17,18)/p-1. The second-order valence-electron chi connectivity index (χ2n) is 3.99. The summed E-state index contributed by atoms with van der Waals surface area (Å²) in [5, 5.41) is 13.1. The number of benzene rings is 1. The Hall–Kier alpha value is -2.63. The maximum absolute atomic E-state index is 11.5. The second kappa shape index (κ2) is 7.08. The molecule has 0 saturated heterocycles. The maximum atomic E-state index is 11.5. The highest BCUT2D eigenvalue weighted by Gasteiger charge is 2.10. The molecule has 1 rings (SSSR count). The van der Waals surface area contributed by atoms with Crippen LogP contribution < -0.4 is 10.4 Å². The van der Waals surface area contributed by atoms with E-state index in [1.807, 2.05) is 0 Å². The van der Waals surface area contributed by atoms with Crippen molar-refractivity contribution in [3.63, 3.8) is 0 Å². The third-order valence-corrected chi connectivity index (χ3v) is 2.42. The van der Waals surface area contributed by atoms with Gasteiger partial charge >= 0.3 is 6.09 Å². The lowest BCUT2D eigenvalue weighted by Crippen LogP contribution is -2.25. The molecule has 0 fully saturated rings. The summed E-state index contributed by atoms with van der Waals surface area (Å²) in [5.74, 6) is -1.49. The highest BCUT2D eigenvalue weighted by molar-refractivity contribution is 5.97. The first-order valence-electron chi connectivity index (χ1n) is 5.82. The zero-order chi connectivity index (χ0) is 15.1. The van der Waals surface area contributed by atoms with Crippen molar-refractivity contribution in [2.24, 2.45) is 0 Å². The van der Waals surface area contributed by atoms with Crippen molar-refractivity contribution in [2.75, 3.05) is 11.9 Å². The minimum Gasteiger partial charge on any atom is -0.550 e. The molecule has 0 aliphatic carbocycles. The number of aliphatic carboxylic acids is 1. The minimum absolute atomic E-state index is 0.0219. The molecule has 0 radical (unpaired) electrons. The van der Waals surface area contributed by atoms with Crippen LogP contribution in [0.3, 0.4) is 0 Å². The SMILES string of the molecule is C=CCOC(=O)Nc1cc(C(C)=O)ccc1CC(=O)[O-].